The van der Waals surface area contributed by atoms with Crippen LogP contribution in [0.25, 0.3) is 0 Å². The van der Waals surface area contributed by atoms with E-state index in [-0.39, 0.29) is 5.91 Å². The van der Waals surface area contributed by atoms with Crippen molar-refractivity contribution in [1.29, 1.82) is 0 Å². The van der Waals surface area contributed by atoms with Crippen molar-refractivity contribution in [2.45, 2.75) is 25.0 Å². The monoisotopic (exact) mass is 170 g/mol. The smallest absolute Gasteiger partial charge is 0.265 e. The number of nitrogens with two attached hydrogens (primary N) is 1. The number of carbonyl (C=O) groups excluding carboxylic acids is 1. The third-order valence-corrected chi connectivity index (χ3v) is 2.79. The fourth-order valence-corrected chi connectivity index (χ4v) is 2.14. The molecule has 0 aromatic carbocycles. The number of nitrogens with zero attached hydrogens (tertiary/aromatic N) is 1. The van der Waals surface area contributed by atoms with Crippen LogP contribution in [-0.2, 0) is 9.53 Å². The lowest BCUT2D eigenvalue weighted by Crippen LogP contribution is -2.57. The molecule has 2 aliphatic heterocycles. The Labute approximate surface area is 71.7 Å². The predicted molar refractivity (Wildman–Crippen MR) is 43.3 cm³/mol. The van der Waals surface area contributed by atoms with Crippen LogP contribution in [0.15, 0.2) is 0 Å². The van der Waals surface area contributed by atoms with E-state index in [1.54, 1.807) is 0 Å². The van der Waals surface area contributed by atoms with Gasteiger partial charge < -0.3 is 10.5 Å². The van der Waals surface area contributed by atoms with Gasteiger partial charge in [0.25, 0.3) is 5.91 Å². The largest absolute Gasteiger partial charge is 0.366 e. The quantitative estimate of drug-likeness (QED) is 0.587. The molecule has 0 spiro atoms. The number of ether oxygens (including phenoxy) is 1. The van der Waals surface area contributed by atoms with E-state index in [1.165, 1.54) is 0 Å². The van der Waals surface area contributed by atoms with Gasteiger partial charge in [-0.15, -0.1) is 0 Å². The molecule has 2 N–H and O–H groups in total. The number of piperidine rings is 1. The number of amides is 1. The zero-order chi connectivity index (χ0) is 8.60. The van der Waals surface area contributed by atoms with Crippen LogP contribution in [0.1, 0.15) is 19.3 Å². The maximum Gasteiger partial charge on any atom is 0.265 e. The Hall–Kier alpha value is -0.610. The Bertz CT molecular complexity index is 207. The topological polar surface area (TPSA) is 55.6 Å². The molecule has 1 unspecified atom stereocenters. The van der Waals surface area contributed by atoms with Gasteiger partial charge in [-0.25, -0.2) is 0 Å². The summed E-state index contributed by atoms with van der Waals surface area (Å²) >= 11 is 0. The maximum atomic E-state index is 11.2. The van der Waals surface area contributed by atoms with Crippen LogP contribution < -0.4 is 5.73 Å². The molecule has 4 heteroatoms. The molecule has 0 bridgehead atoms. The molecule has 2 saturated heterocycles. The van der Waals surface area contributed by atoms with E-state index >= 15 is 0 Å². The molecule has 0 aromatic rings. The van der Waals surface area contributed by atoms with Crippen LogP contribution in [0.3, 0.4) is 0 Å². The van der Waals surface area contributed by atoms with E-state index in [0.717, 1.165) is 32.4 Å². The summed E-state index contributed by atoms with van der Waals surface area (Å²) < 4.78 is 5.46. The van der Waals surface area contributed by atoms with E-state index in [1.807, 2.05) is 0 Å². The fourth-order valence-electron chi connectivity index (χ4n) is 2.14. The summed E-state index contributed by atoms with van der Waals surface area (Å²) in [4.78, 5) is 13.3. The third-order valence-electron chi connectivity index (χ3n) is 2.79. The number of fused-ring (bicyclic) bond motifs is 1. The lowest BCUT2D eigenvalue weighted by atomic mass is 9.98. The number of hydrogen-bond acceptors (Lipinski definition) is 3. The molecule has 0 aliphatic carbocycles. The highest BCUT2D eigenvalue weighted by Gasteiger charge is 2.48. The van der Waals surface area contributed by atoms with Crippen molar-refractivity contribution >= 4 is 5.91 Å². The van der Waals surface area contributed by atoms with Crippen molar-refractivity contribution in [1.82, 2.24) is 4.90 Å². The van der Waals surface area contributed by atoms with E-state index in [4.69, 9.17) is 10.5 Å². The standard InChI is InChI=1S/C8H14N2O2/c9-7(11)8-3-1-2-4-10(8)5-6-12-8/h1-6H2,(H2,9,11). The van der Waals surface area contributed by atoms with Gasteiger partial charge in [0.05, 0.1) is 6.61 Å². The predicted octanol–water partition coefficient (Wildman–Crippen LogP) is -0.316. The highest BCUT2D eigenvalue weighted by Crippen LogP contribution is 2.32. The lowest BCUT2D eigenvalue weighted by Gasteiger charge is -2.37. The second kappa shape index (κ2) is 2.71. The first-order valence-corrected chi connectivity index (χ1v) is 4.45. The second-order valence-corrected chi connectivity index (χ2v) is 3.44. The van der Waals surface area contributed by atoms with E-state index in [0.29, 0.717) is 6.61 Å². The summed E-state index contributed by atoms with van der Waals surface area (Å²) in [5.74, 6) is -0.320. The first kappa shape index (κ1) is 8.01. The van der Waals surface area contributed by atoms with Crippen molar-refractivity contribution in [3.05, 3.63) is 0 Å². The van der Waals surface area contributed by atoms with Crippen LogP contribution in [0, 0.1) is 0 Å². The summed E-state index contributed by atoms with van der Waals surface area (Å²) in [6, 6.07) is 0. The summed E-state index contributed by atoms with van der Waals surface area (Å²) in [5, 5.41) is 0. The van der Waals surface area contributed by atoms with Crippen LogP contribution in [0.4, 0.5) is 0 Å². The average molecular weight is 170 g/mol. The maximum absolute atomic E-state index is 11.2. The Morgan fingerprint density at radius 1 is 1.42 bits per heavy atom. The van der Waals surface area contributed by atoms with Gasteiger partial charge in [0.1, 0.15) is 0 Å². The summed E-state index contributed by atoms with van der Waals surface area (Å²) in [7, 11) is 0. The van der Waals surface area contributed by atoms with Crippen molar-refractivity contribution in [2.75, 3.05) is 19.7 Å². The highest BCUT2D eigenvalue weighted by molar-refractivity contribution is 5.83. The van der Waals surface area contributed by atoms with Gasteiger partial charge in [-0.1, -0.05) is 0 Å². The molecule has 0 radical (unpaired) electrons. The molecule has 1 amide bonds. The molecular formula is C8H14N2O2. The van der Waals surface area contributed by atoms with Crippen molar-refractivity contribution in [3.63, 3.8) is 0 Å². The van der Waals surface area contributed by atoms with Gasteiger partial charge in [-0.3, -0.25) is 9.69 Å². The van der Waals surface area contributed by atoms with Crippen molar-refractivity contribution in [3.8, 4) is 0 Å². The van der Waals surface area contributed by atoms with Gasteiger partial charge in [-0.05, 0) is 19.3 Å². The summed E-state index contributed by atoms with van der Waals surface area (Å²) in [6.45, 7) is 2.44. The normalized spacial score (nSPS) is 36.3. The molecule has 12 heavy (non-hydrogen) atoms. The Balaban J connectivity index is 2.23. The molecule has 2 heterocycles. The summed E-state index contributed by atoms with van der Waals surface area (Å²) in [6.07, 6.45) is 2.96. The SMILES string of the molecule is NC(=O)C12CCCCN1CCO2. The van der Waals surface area contributed by atoms with E-state index in [2.05, 4.69) is 4.90 Å². The number of rotatable bonds is 1. The third kappa shape index (κ3) is 0.949. The molecule has 68 valence electrons. The van der Waals surface area contributed by atoms with E-state index in [9.17, 15) is 4.79 Å². The molecule has 4 nitrogen and oxygen atoms in total. The lowest BCUT2D eigenvalue weighted by molar-refractivity contribution is -0.159. The minimum atomic E-state index is -0.738. The minimum Gasteiger partial charge on any atom is -0.366 e. The minimum absolute atomic E-state index is 0.320. The molecule has 1 atom stereocenters. The molecular weight excluding hydrogens is 156 g/mol. The highest BCUT2D eigenvalue weighted by atomic mass is 16.5. The Morgan fingerprint density at radius 3 is 2.92 bits per heavy atom. The molecule has 2 fully saturated rings. The Morgan fingerprint density at radius 2 is 2.25 bits per heavy atom. The van der Waals surface area contributed by atoms with Crippen LogP contribution in [0.5, 0.6) is 0 Å². The first-order valence-electron chi connectivity index (χ1n) is 4.45. The Kier molecular flexibility index (Phi) is 1.81. The van der Waals surface area contributed by atoms with E-state index < -0.39 is 5.72 Å². The van der Waals surface area contributed by atoms with Crippen LogP contribution >= 0.6 is 0 Å². The van der Waals surface area contributed by atoms with Gasteiger partial charge >= 0.3 is 0 Å². The van der Waals surface area contributed by atoms with Crippen LogP contribution in [0.2, 0.25) is 0 Å². The molecule has 2 aliphatic rings. The average Bonchev–Trinajstić information content (AvgIpc) is 2.48. The number of hydrogen-bond donors (Lipinski definition) is 1. The molecule has 0 saturated carbocycles. The molecule has 2 rings (SSSR count). The molecule has 0 aromatic heterocycles. The summed E-state index contributed by atoms with van der Waals surface area (Å²) in [5.41, 5.74) is 4.60. The van der Waals surface area contributed by atoms with Crippen LogP contribution in [-0.4, -0.2) is 36.2 Å². The zero-order valence-corrected chi connectivity index (χ0v) is 7.08. The zero-order valence-electron chi connectivity index (χ0n) is 7.08. The number of primary amides is 1. The van der Waals surface area contributed by atoms with Gasteiger partial charge in [0, 0.05) is 13.1 Å². The van der Waals surface area contributed by atoms with Crippen molar-refractivity contribution < 1.29 is 9.53 Å². The second-order valence-electron chi connectivity index (χ2n) is 3.44. The van der Waals surface area contributed by atoms with Gasteiger partial charge in [-0.2, -0.15) is 0 Å². The van der Waals surface area contributed by atoms with Crippen molar-refractivity contribution in [2.24, 2.45) is 5.73 Å². The fraction of sp³-hybridized carbons (Fsp3) is 0.875. The number of carbonyl (C=O) groups is 1. The first-order chi connectivity index (χ1) is 5.76. The van der Waals surface area contributed by atoms with Gasteiger partial charge in [0.15, 0.2) is 0 Å². The van der Waals surface area contributed by atoms with Gasteiger partial charge in [0.2, 0.25) is 5.72 Å².